The summed E-state index contributed by atoms with van der Waals surface area (Å²) in [5.41, 5.74) is 0.342. The average molecular weight is 345 g/mol. The summed E-state index contributed by atoms with van der Waals surface area (Å²) in [5.74, 6) is 0.395. The molecule has 1 aliphatic heterocycles. The predicted molar refractivity (Wildman–Crippen MR) is 90.2 cm³/mol. The van der Waals surface area contributed by atoms with E-state index in [0.717, 1.165) is 17.1 Å². The van der Waals surface area contributed by atoms with E-state index in [0.29, 0.717) is 27.2 Å². The van der Waals surface area contributed by atoms with Crippen LogP contribution in [-0.4, -0.2) is 32.2 Å². The Morgan fingerprint density at radius 2 is 2.22 bits per heavy atom. The van der Waals surface area contributed by atoms with E-state index in [1.54, 1.807) is 30.5 Å². The van der Waals surface area contributed by atoms with E-state index in [-0.39, 0.29) is 16.6 Å². The average Bonchev–Trinajstić information content (AvgIpc) is 3.15. The topological polar surface area (TPSA) is 80.5 Å². The SMILES string of the molecule is O=C(N[C@@H]1CCSC1=O)c1cc2c(=O)n3ccccc3nc2s1. The largest absolute Gasteiger partial charge is 0.341 e. The number of fused-ring (bicyclic) bond motifs is 2. The Hall–Kier alpha value is -2.19. The molecule has 0 bridgehead atoms. The number of nitrogens with one attached hydrogen (secondary N) is 1. The number of hydrogen-bond donors (Lipinski definition) is 1. The van der Waals surface area contributed by atoms with E-state index in [1.165, 1.54) is 16.2 Å². The Labute approximate surface area is 138 Å². The fraction of sp³-hybridized carbons (Fsp3) is 0.200. The Morgan fingerprint density at radius 3 is 3.00 bits per heavy atom. The molecule has 1 N–H and O–H groups in total. The first kappa shape index (κ1) is 14.4. The van der Waals surface area contributed by atoms with Crippen LogP contribution in [0, 0.1) is 0 Å². The minimum Gasteiger partial charge on any atom is -0.341 e. The van der Waals surface area contributed by atoms with Gasteiger partial charge in [-0.3, -0.25) is 18.8 Å². The molecule has 0 saturated carbocycles. The van der Waals surface area contributed by atoms with E-state index >= 15 is 0 Å². The standard InChI is InChI=1S/C15H11N3O3S2/c19-12(16-9-4-6-22-15(9)21)10-7-8-13(23-10)17-11-3-1-2-5-18(11)14(8)20/h1-3,5,7,9H,4,6H2,(H,16,19)/t9-/m1/s1. The number of thiophene rings is 1. The van der Waals surface area contributed by atoms with Crippen LogP contribution in [0.25, 0.3) is 15.9 Å². The Morgan fingerprint density at radius 1 is 1.35 bits per heavy atom. The number of rotatable bonds is 2. The van der Waals surface area contributed by atoms with Gasteiger partial charge in [-0.15, -0.1) is 11.3 Å². The van der Waals surface area contributed by atoms with Crippen molar-refractivity contribution in [2.24, 2.45) is 0 Å². The molecule has 0 unspecified atom stereocenters. The smallest absolute Gasteiger partial charge is 0.266 e. The number of nitrogens with zero attached hydrogens (tertiary/aromatic N) is 2. The van der Waals surface area contributed by atoms with Gasteiger partial charge in [-0.25, -0.2) is 4.98 Å². The third-order valence-electron chi connectivity index (χ3n) is 3.68. The summed E-state index contributed by atoms with van der Waals surface area (Å²) in [5, 5.41) is 3.13. The quantitative estimate of drug-likeness (QED) is 0.764. The Balaban J connectivity index is 1.75. The molecule has 0 aliphatic carbocycles. The van der Waals surface area contributed by atoms with Crippen LogP contribution in [0.4, 0.5) is 0 Å². The zero-order chi connectivity index (χ0) is 16.0. The molecule has 8 heteroatoms. The third kappa shape index (κ3) is 2.43. The first-order valence-electron chi connectivity index (χ1n) is 7.02. The lowest BCUT2D eigenvalue weighted by atomic mass is 10.2. The van der Waals surface area contributed by atoms with Crippen molar-refractivity contribution in [1.29, 1.82) is 0 Å². The predicted octanol–water partition coefficient (Wildman–Crippen LogP) is 1.67. The van der Waals surface area contributed by atoms with Crippen LogP contribution in [0.2, 0.25) is 0 Å². The van der Waals surface area contributed by atoms with Gasteiger partial charge in [0.05, 0.1) is 16.3 Å². The van der Waals surface area contributed by atoms with Gasteiger partial charge in [0.2, 0.25) is 5.12 Å². The first-order chi connectivity index (χ1) is 11.1. The zero-order valence-corrected chi connectivity index (χ0v) is 13.4. The van der Waals surface area contributed by atoms with Gasteiger partial charge in [0.15, 0.2) is 0 Å². The lowest BCUT2D eigenvalue weighted by Gasteiger charge is -2.08. The normalized spacial score (nSPS) is 17.9. The Bertz CT molecular complexity index is 1010. The van der Waals surface area contributed by atoms with Crippen molar-refractivity contribution in [2.45, 2.75) is 12.5 Å². The number of hydrogen-bond acceptors (Lipinski definition) is 6. The van der Waals surface area contributed by atoms with E-state index in [4.69, 9.17) is 0 Å². The third-order valence-corrected chi connectivity index (χ3v) is 5.72. The van der Waals surface area contributed by atoms with Crippen molar-refractivity contribution in [2.75, 3.05) is 5.75 Å². The molecule has 116 valence electrons. The minimum absolute atomic E-state index is 0.0107. The second kappa shape index (κ2) is 5.47. The van der Waals surface area contributed by atoms with Crippen molar-refractivity contribution < 1.29 is 9.59 Å². The summed E-state index contributed by atoms with van der Waals surface area (Å²) in [7, 11) is 0. The van der Waals surface area contributed by atoms with Crippen LogP contribution >= 0.6 is 23.1 Å². The maximum atomic E-state index is 12.5. The molecule has 4 heterocycles. The van der Waals surface area contributed by atoms with Crippen molar-refractivity contribution >= 4 is 50.0 Å². The highest BCUT2D eigenvalue weighted by molar-refractivity contribution is 8.14. The summed E-state index contributed by atoms with van der Waals surface area (Å²) < 4.78 is 1.45. The van der Waals surface area contributed by atoms with Gasteiger partial charge in [-0.05, 0) is 24.6 Å². The van der Waals surface area contributed by atoms with E-state index in [1.807, 2.05) is 0 Å². The lowest BCUT2D eigenvalue weighted by molar-refractivity contribution is -0.112. The molecule has 23 heavy (non-hydrogen) atoms. The molecule has 0 spiro atoms. The number of carbonyl (C=O) groups is 2. The number of carbonyl (C=O) groups excluding carboxylic acids is 2. The van der Waals surface area contributed by atoms with Crippen LogP contribution < -0.4 is 10.9 Å². The first-order valence-corrected chi connectivity index (χ1v) is 8.82. The molecule has 1 amide bonds. The van der Waals surface area contributed by atoms with Crippen LogP contribution in [0.3, 0.4) is 0 Å². The lowest BCUT2D eigenvalue weighted by Crippen LogP contribution is -2.36. The molecule has 4 rings (SSSR count). The van der Waals surface area contributed by atoms with Gasteiger partial charge in [-0.2, -0.15) is 0 Å². The van der Waals surface area contributed by atoms with Crippen LogP contribution in [0.1, 0.15) is 16.1 Å². The number of thioether (sulfide) groups is 1. The van der Waals surface area contributed by atoms with Crippen molar-refractivity contribution in [3.05, 3.63) is 45.7 Å². The Kier molecular flexibility index (Phi) is 3.42. The fourth-order valence-corrected chi connectivity index (χ4v) is 4.38. The van der Waals surface area contributed by atoms with E-state index < -0.39 is 6.04 Å². The number of amides is 1. The molecule has 3 aromatic heterocycles. The van der Waals surface area contributed by atoms with Gasteiger partial charge < -0.3 is 5.32 Å². The molecule has 1 aliphatic rings. The van der Waals surface area contributed by atoms with Crippen LogP contribution in [-0.2, 0) is 4.79 Å². The molecular weight excluding hydrogens is 334 g/mol. The van der Waals surface area contributed by atoms with Gasteiger partial charge in [0, 0.05) is 11.9 Å². The molecule has 1 saturated heterocycles. The van der Waals surface area contributed by atoms with E-state index in [9.17, 15) is 14.4 Å². The zero-order valence-electron chi connectivity index (χ0n) is 11.8. The second-order valence-corrected chi connectivity index (χ2v) is 7.29. The second-order valence-electron chi connectivity index (χ2n) is 5.16. The van der Waals surface area contributed by atoms with Crippen LogP contribution in [0.5, 0.6) is 0 Å². The molecule has 0 radical (unpaired) electrons. The van der Waals surface area contributed by atoms with Crippen molar-refractivity contribution in [3.63, 3.8) is 0 Å². The molecule has 3 aromatic rings. The van der Waals surface area contributed by atoms with E-state index in [2.05, 4.69) is 10.3 Å². The molecular formula is C15H11N3O3S2. The fourth-order valence-electron chi connectivity index (χ4n) is 2.52. The molecule has 6 nitrogen and oxygen atoms in total. The van der Waals surface area contributed by atoms with Gasteiger partial charge in [-0.1, -0.05) is 17.8 Å². The highest BCUT2D eigenvalue weighted by Gasteiger charge is 2.27. The highest BCUT2D eigenvalue weighted by atomic mass is 32.2. The summed E-state index contributed by atoms with van der Waals surface area (Å²) in [6, 6.07) is 6.42. The maximum absolute atomic E-state index is 12.5. The molecule has 0 aromatic carbocycles. The highest BCUT2D eigenvalue weighted by Crippen LogP contribution is 2.24. The van der Waals surface area contributed by atoms with Gasteiger partial charge in [0.25, 0.3) is 11.5 Å². The number of aromatic nitrogens is 2. The van der Waals surface area contributed by atoms with Crippen molar-refractivity contribution in [3.8, 4) is 0 Å². The van der Waals surface area contributed by atoms with Crippen LogP contribution in [0.15, 0.2) is 35.3 Å². The maximum Gasteiger partial charge on any atom is 0.266 e. The summed E-state index contributed by atoms with van der Waals surface area (Å²) in [6.07, 6.45) is 2.29. The molecule has 1 fully saturated rings. The van der Waals surface area contributed by atoms with Gasteiger partial charge >= 0.3 is 0 Å². The molecule has 1 atom stereocenters. The monoisotopic (exact) mass is 345 g/mol. The summed E-state index contributed by atoms with van der Waals surface area (Å²) in [4.78, 5) is 41.7. The minimum atomic E-state index is -0.439. The van der Waals surface area contributed by atoms with Gasteiger partial charge in [0.1, 0.15) is 10.5 Å². The van der Waals surface area contributed by atoms with Crippen molar-refractivity contribution in [1.82, 2.24) is 14.7 Å². The summed E-state index contributed by atoms with van der Waals surface area (Å²) in [6.45, 7) is 0. The summed E-state index contributed by atoms with van der Waals surface area (Å²) >= 11 is 2.40. The number of pyridine rings is 1.